The molecule has 8 aromatic rings. The van der Waals surface area contributed by atoms with Crippen LogP contribution >= 0.6 is 0 Å². The molecule has 0 aliphatic rings. The van der Waals surface area contributed by atoms with E-state index in [2.05, 4.69) is 35.3 Å². The van der Waals surface area contributed by atoms with E-state index in [0.29, 0.717) is 28.9 Å². The van der Waals surface area contributed by atoms with Gasteiger partial charge in [-0.15, -0.1) is 0 Å². The Morgan fingerprint density at radius 2 is 1.07 bits per heavy atom. The fraction of sp³-hybridized carbons (Fsp3) is 0. The van der Waals surface area contributed by atoms with Crippen molar-refractivity contribution >= 4 is 32.8 Å². The minimum atomic E-state index is 0.487. The van der Waals surface area contributed by atoms with E-state index >= 15 is 0 Å². The van der Waals surface area contributed by atoms with Gasteiger partial charge in [0.25, 0.3) is 0 Å². The maximum absolute atomic E-state index is 6.28. The highest BCUT2D eigenvalue weighted by molar-refractivity contribution is 6.05. The summed E-state index contributed by atoms with van der Waals surface area (Å²) < 4.78 is 6.28. The minimum absolute atomic E-state index is 0.487. The molecule has 0 aliphatic heterocycles. The van der Waals surface area contributed by atoms with Crippen molar-refractivity contribution < 1.29 is 4.42 Å². The quantitative estimate of drug-likeness (QED) is 0.229. The number of benzene rings is 4. The van der Waals surface area contributed by atoms with Crippen molar-refractivity contribution in [1.82, 2.24) is 24.9 Å². The van der Waals surface area contributed by atoms with Crippen LogP contribution in [-0.2, 0) is 0 Å². The molecule has 0 amide bonds. The van der Waals surface area contributed by atoms with Crippen LogP contribution in [0.4, 0.5) is 0 Å². The van der Waals surface area contributed by atoms with Gasteiger partial charge < -0.3 is 4.42 Å². The van der Waals surface area contributed by atoms with Gasteiger partial charge in [-0.25, -0.2) is 19.9 Å². The molecule has 0 saturated heterocycles. The first-order valence-corrected chi connectivity index (χ1v) is 13.3. The maximum atomic E-state index is 6.28. The maximum Gasteiger partial charge on any atom is 0.227 e. The monoisotopic (exact) mass is 527 g/mol. The molecule has 4 heterocycles. The second-order valence-electron chi connectivity index (χ2n) is 9.82. The van der Waals surface area contributed by atoms with Crippen LogP contribution in [-0.4, -0.2) is 24.9 Å². The molecule has 0 atom stereocenters. The largest absolute Gasteiger partial charge is 0.438 e. The van der Waals surface area contributed by atoms with Crippen molar-refractivity contribution in [2.75, 3.05) is 0 Å². The van der Waals surface area contributed by atoms with Crippen LogP contribution in [0.15, 0.2) is 132 Å². The second-order valence-corrected chi connectivity index (χ2v) is 9.82. The van der Waals surface area contributed by atoms with Gasteiger partial charge in [0.05, 0.1) is 5.69 Å². The summed E-state index contributed by atoms with van der Waals surface area (Å²) in [5.41, 5.74) is 5.60. The molecule has 192 valence electrons. The molecule has 0 aliphatic carbocycles. The molecule has 0 saturated carbocycles. The Kier molecular flexibility index (Phi) is 5.35. The number of hydrogen-bond acceptors (Lipinski definition) is 6. The first-order valence-electron chi connectivity index (χ1n) is 13.3. The third-order valence-corrected chi connectivity index (χ3v) is 7.19. The summed E-state index contributed by atoms with van der Waals surface area (Å²) in [7, 11) is 0. The fourth-order valence-electron chi connectivity index (χ4n) is 5.11. The van der Waals surface area contributed by atoms with Crippen molar-refractivity contribution in [1.29, 1.82) is 0 Å². The van der Waals surface area contributed by atoms with Crippen molar-refractivity contribution in [2.24, 2.45) is 0 Å². The molecule has 0 N–H and O–H groups in total. The summed E-state index contributed by atoms with van der Waals surface area (Å²) >= 11 is 0. The van der Waals surface area contributed by atoms with Crippen molar-refractivity contribution in [3.8, 4) is 45.6 Å². The lowest BCUT2D eigenvalue weighted by Crippen LogP contribution is -2.01. The molecule has 0 bridgehead atoms. The van der Waals surface area contributed by atoms with Crippen LogP contribution in [0, 0.1) is 0 Å². The molecule has 0 spiro atoms. The first kappa shape index (κ1) is 23.2. The zero-order valence-electron chi connectivity index (χ0n) is 21.8. The number of hydrogen-bond donors (Lipinski definition) is 0. The van der Waals surface area contributed by atoms with Crippen LogP contribution in [0.2, 0.25) is 0 Å². The van der Waals surface area contributed by atoms with E-state index in [4.69, 9.17) is 24.4 Å². The van der Waals surface area contributed by atoms with Gasteiger partial charge in [-0.05, 0) is 35.7 Å². The van der Waals surface area contributed by atoms with Gasteiger partial charge in [-0.2, -0.15) is 0 Å². The number of pyridine rings is 2. The highest BCUT2D eigenvalue weighted by Gasteiger charge is 2.16. The summed E-state index contributed by atoms with van der Waals surface area (Å²) in [6, 6.07) is 40.3. The molecule has 8 rings (SSSR count). The number of rotatable bonds is 4. The lowest BCUT2D eigenvalue weighted by atomic mass is 10.1. The van der Waals surface area contributed by atoms with E-state index < -0.39 is 0 Å². The number of aromatic nitrogens is 5. The molecule has 4 aromatic heterocycles. The van der Waals surface area contributed by atoms with Crippen LogP contribution < -0.4 is 0 Å². The highest BCUT2D eigenvalue weighted by atomic mass is 16.3. The summed E-state index contributed by atoms with van der Waals surface area (Å²) in [6.07, 6.45) is 1.91. The van der Waals surface area contributed by atoms with E-state index in [1.165, 1.54) is 0 Å². The Labute approximate surface area is 235 Å². The van der Waals surface area contributed by atoms with Crippen molar-refractivity contribution in [3.63, 3.8) is 0 Å². The molecular formula is C35H21N5O. The Morgan fingerprint density at radius 3 is 1.80 bits per heavy atom. The summed E-state index contributed by atoms with van der Waals surface area (Å²) in [5, 5.41) is 4.19. The summed E-state index contributed by atoms with van der Waals surface area (Å²) in [5.74, 6) is 1.67. The standard InChI is InChI=1S/C35H21N5O/c1-3-9-22(10-4-1)32-38-33(23-11-5-2-6-12-23)40-34(39-32)29-18-17-28-27-16-15-25(20-31(27)41-35(28)37-29)30-19-24-13-7-8-14-26(24)21-36-30/h1-21H. The topological polar surface area (TPSA) is 77.6 Å². The van der Waals surface area contributed by atoms with Gasteiger partial charge in [-0.1, -0.05) is 91.0 Å². The predicted molar refractivity (Wildman–Crippen MR) is 162 cm³/mol. The smallest absolute Gasteiger partial charge is 0.227 e. The zero-order valence-corrected chi connectivity index (χ0v) is 21.8. The molecule has 0 unspecified atom stereocenters. The molecular weight excluding hydrogens is 506 g/mol. The molecule has 41 heavy (non-hydrogen) atoms. The third-order valence-electron chi connectivity index (χ3n) is 7.19. The summed E-state index contributed by atoms with van der Waals surface area (Å²) in [6.45, 7) is 0. The average molecular weight is 528 g/mol. The average Bonchev–Trinajstić information content (AvgIpc) is 3.42. The minimum Gasteiger partial charge on any atom is -0.438 e. The van der Waals surface area contributed by atoms with Gasteiger partial charge in [-0.3, -0.25) is 4.98 Å². The Morgan fingerprint density at radius 1 is 0.439 bits per heavy atom. The fourth-order valence-corrected chi connectivity index (χ4v) is 5.11. The van der Waals surface area contributed by atoms with Crippen LogP contribution in [0.1, 0.15) is 0 Å². The highest BCUT2D eigenvalue weighted by Crippen LogP contribution is 2.33. The second kappa shape index (κ2) is 9.47. The van der Waals surface area contributed by atoms with E-state index in [1.54, 1.807) is 0 Å². The lowest BCUT2D eigenvalue weighted by Gasteiger charge is -2.07. The molecule has 0 fully saturated rings. The Hall–Kier alpha value is -5.75. The van der Waals surface area contributed by atoms with Crippen molar-refractivity contribution in [3.05, 3.63) is 128 Å². The molecule has 0 radical (unpaired) electrons. The normalized spacial score (nSPS) is 11.4. The van der Waals surface area contributed by atoms with Crippen LogP contribution in [0.3, 0.4) is 0 Å². The number of furan rings is 1. The number of nitrogens with zero attached hydrogens (tertiary/aromatic N) is 5. The first-order chi connectivity index (χ1) is 20.3. The number of fused-ring (bicyclic) bond motifs is 4. The lowest BCUT2D eigenvalue weighted by molar-refractivity contribution is 0.654. The molecule has 4 aromatic carbocycles. The van der Waals surface area contributed by atoms with Gasteiger partial charge in [0, 0.05) is 39.0 Å². The van der Waals surface area contributed by atoms with Crippen molar-refractivity contribution in [2.45, 2.75) is 0 Å². The third kappa shape index (κ3) is 4.19. The molecule has 6 heteroatoms. The van der Waals surface area contributed by atoms with E-state index in [9.17, 15) is 0 Å². The van der Waals surface area contributed by atoms with E-state index in [0.717, 1.165) is 49.5 Å². The van der Waals surface area contributed by atoms with E-state index in [1.807, 2.05) is 97.2 Å². The zero-order chi connectivity index (χ0) is 27.2. The molecule has 6 nitrogen and oxygen atoms in total. The summed E-state index contributed by atoms with van der Waals surface area (Å²) in [4.78, 5) is 23.9. The van der Waals surface area contributed by atoms with Gasteiger partial charge in [0.15, 0.2) is 17.5 Å². The van der Waals surface area contributed by atoms with E-state index in [-0.39, 0.29) is 0 Å². The van der Waals surface area contributed by atoms with Gasteiger partial charge in [0.1, 0.15) is 11.3 Å². The Balaban J connectivity index is 1.24. The predicted octanol–water partition coefficient (Wildman–Crippen LogP) is 8.38. The Bertz CT molecular complexity index is 2150. The van der Waals surface area contributed by atoms with Gasteiger partial charge >= 0.3 is 0 Å². The van der Waals surface area contributed by atoms with Gasteiger partial charge in [0.2, 0.25) is 5.71 Å². The van der Waals surface area contributed by atoms with Crippen LogP contribution in [0.25, 0.3) is 78.4 Å². The van der Waals surface area contributed by atoms with Crippen LogP contribution in [0.5, 0.6) is 0 Å². The SMILES string of the molecule is c1ccc(-c2nc(-c3ccccc3)nc(-c3ccc4c(n3)oc3cc(-c5cc6ccccc6cn5)ccc34)n2)cc1.